The van der Waals surface area contributed by atoms with Crippen molar-refractivity contribution in [3.05, 3.63) is 53.3 Å². The van der Waals surface area contributed by atoms with Crippen molar-refractivity contribution in [1.82, 2.24) is 4.98 Å². The van der Waals surface area contributed by atoms with Crippen LogP contribution in [0.15, 0.2) is 47.4 Å². The van der Waals surface area contributed by atoms with Gasteiger partial charge in [0.15, 0.2) is 0 Å². The van der Waals surface area contributed by atoms with E-state index in [2.05, 4.69) is 4.98 Å². The molecule has 1 aliphatic rings. The number of para-hydroxylation sites is 1. The monoisotopic (exact) mass is 388 g/mol. The van der Waals surface area contributed by atoms with Gasteiger partial charge in [-0.25, -0.2) is 9.37 Å². The molecule has 0 fully saturated rings. The Kier molecular flexibility index (Phi) is 4.37. The summed E-state index contributed by atoms with van der Waals surface area (Å²) in [5.74, 6) is -1.61. The first-order valence-electron chi connectivity index (χ1n) is 7.85. The first-order chi connectivity index (χ1) is 12.5. The fraction of sp³-hybridized carbons (Fsp3) is 0.167. The number of benzene rings is 2. The number of hydrogen-bond acceptors (Lipinski definition) is 5. The van der Waals surface area contributed by atoms with E-state index in [9.17, 15) is 14.0 Å². The van der Waals surface area contributed by atoms with Crippen molar-refractivity contribution < 1.29 is 19.1 Å². The standard InChI is InChI=1S/C18H13FN2O3S2/c19-10-5-6-13-11(7-10)20-16(26-13)9-21-12-3-1-2-4-14(12)25-15(18(21)24)8-17(22)23/h1-7,15H,8-9H2,(H,22,23). The number of halogens is 1. The Morgan fingerprint density at radius 1 is 1.27 bits per heavy atom. The van der Waals surface area contributed by atoms with Gasteiger partial charge in [0.05, 0.1) is 34.1 Å². The third kappa shape index (κ3) is 3.17. The molecular formula is C18H13FN2O3S2. The van der Waals surface area contributed by atoms with E-state index in [-0.39, 0.29) is 24.7 Å². The minimum Gasteiger partial charge on any atom is -0.481 e. The Balaban J connectivity index is 1.70. The molecule has 132 valence electrons. The van der Waals surface area contributed by atoms with E-state index in [1.54, 1.807) is 11.0 Å². The van der Waals surface area contributed by atoms with Gasteiger partial charge in [0.25, 0.3) is 0 Å². The molecule has 0 aliphatic carbocycles. The highest BCUT2D eigenvalue weighted by Gasteiger charge is 2.35. The van der Waals surface area contributed by atoms with Crippen LogP contribution in [-0.2, 0) is 16.1 Å². The molecule has 4 rings (SSSR count). The van der Waals surface area contributed by atoms with Gasteiger partial charge in [0, 0.05) is 11.0 Å². The highest BCUT2D eigenvalue weighted by molar-refractivity contribution is 8.01. The van der Waals surface area contributed by atoms with Crippen molar-refractivity contribution in [2.24, 2.45) is 0 Å². The van der Waals surface area contributed by atoms with Crippen LogP contribution in [0.1, 0.15) is 11.4 Å². The highest BCUT2D eigenvalue weighted by Crippen LogP contribution is 2.41. The van der Waals surface area contributed by atoms with E-state index in [1.165, 1.54) is 35.2 Å². The van der Waals surface area contributed by atoms with E-state index >= 15 is 0 Å². The third-order valence-electron chi connectivity index (χ3n) is 4.01. The van der Waals surface area contributed by atoms with Crippen LogP contribution in [0.2, 0.25) is 0 Å². The molecule has 0 saturated carbocycles. The minimum absolute atomic E-state index is 0.230. The molecule has 1 aliphatic heterocycles. The molecule has 0 bridgehead atoms. The summed E-state index contributed by atoms with van der Waals surface area (Å²) in [6, 6.07) is 11.8. The first kappa shape index (κ1) is 17.0. The predicted molar refractivity (Wildman–Crippen MR) is 99.1 cm³/mol. The number of amides is 1. The largest absolute Gasteiger partial charge is 0.481 e. The van der Waals surface area contributed by atoms with Gasteiger partial charge >= 0.3 is 5.97 Å². The second kappa shape index (κ2) is 6.69. The van der Waals surface area contributed by atoms with Gasteiger partial charge in [0.2, 0.25) is 5.91 Å². The summed E-state index contributed by atoms with van der Waals surface area (Å²) in [4.78, 5) is 30.8. The van der Waals surface area contributed by atoms with E-state index in [4.69, 9.17) is 5.11 Å². The zero-order valence-electron chi connectivity index (χ0n) is 13.4. The van der Waals surface area contributed by atoms with Gasteiger partial charge in [0.1, 0.15) is 10.8 Å². The molecule has 1 amide bonds. The van der Waals surface area contributed by atoms with Gasteiger partial charge in [-0.2, -0.15) is 0 Å². The van der Waals surface area contributed by atoms with Crippen LogP contribution < -0.4 is 4.90 Å². The van der Waals surface area contributed by atoms with Crippen LogP contribution in [0, 0.1) is 5.82 Å². The van der Waals surface area contributed by atoms with E-state index in [0.717, 1.165) is 15.3 Å². The molecule has 1 N–H and O–H groups in total. The summed E-state index contributed by atoms with van der Waals surface area (Å²) in [6.45, 7) is 0.230. The number of nitrogens with zero attached hydrogens (tertiary/aromatic N) is 2. The van der Waals surface area contributed by atoms with Crippen molar-refractivity contribution in [3.63, 3.8) is 0 Å². The highest BCUT2D eigenvalue weighted by atomic mass is 32.2. The zero-order valence-corrected chi connectivity index (χ0v) is 15.0. The number of carbonyl (C=O) groups is 2. The Morgan fingerprint density at radius 3 is 2.88 bits per heavy atom. The lowest BCUT2D eigenvalue weighted by molar-refractivity contribution is -0.138. The number of thioether (sulfide) groups is 1. The summed E-state index contributed by atoms with van der Waals surface area (Å²) in [5, 5.41) is 9.10. The van der Waals surface area contributed by atoms with Gasteiger partial charge in [-0.15, -0.1) is 23.1 Å². The maximum absolute atomic E-state index is 13.4. The molecule has 1 atom stereocenters. The molecule has 1 unspecified atom stereocenters. The van der Waals surface area contributed by atoms with Gasteiger partial charge in [-0.1, -0.05) is 12.1 Å². The molecule has 3 aromatic rings. The second-order valence-electron chi connectivity index (χ2n) is 5.82. The van der Waals surface area contributed by atoms with Crippen molar-refractivity contribution >= 4 is 50.9 Å². The molecule has 2 aromatic carbocycles. The number of carboxylic acids is 1. The van der Waals surface area contributed by atoms with Crippen LogP contribution in [0.5, 0.6) is 0 Å². The molecule has 5 nitrogen and oxygen atoms in total. The quantitative estimate of drug-likeness (QED) is 0.734. The van der Waals surface area contributed by atoms with Crippen LogP contribution in [0.3, 0.4) is 0 Å². The van der Waals surface area contributed by atoms with Crippen molar-refractivity contribution in [3.8, 4) is 0 Å². The van der Waals surface area contributed by atoms with Crippen LogP contribution in [0.25, 0.3) is 10.2 Å². The van der Waals surface area contributed by atoms with Crippen molar-refractivity contribution in [1.29, 1.82) is 0 Å². The summed E-state index contributed by atoms with van der Waals surface area (Å²) in [6.07, 6.45) is -0.237. The maximum atomic E-state index is 13.4. The molecule has 0 saturated heterocycles. The van der Waals surface area contributed by atoms with Crippen molar-refractivity contribution in [2.45, 2.75) is 23.1 Å². The lowest BCUT2D eigenvalue weighted by Crippen LogP contribution is -2.41. The average Bonchev–Trinajstić information content (AvgIpc) is 2.99. The summed E-state index contributed by atoms with van der Waals surface area (Å²) in [5.41, 5.74) is 1.30. The molecule has 0 spiro atoms. The Hall–Kier alpha value is -2.45. The Labute approximate surface area is 156 Å². The summed E-state index contributed by atoms with van der Waals surface area (Å²) < 4.78 is 14.2. The topological polar surface area (TPSA) is 70.5 Å². The van der Waals surface area contributed by atoms with Gasteiger partial charge in [-0.05, 0) is 24.3 Å². The first-order valence-corrected chi connectivity index (χ1v) is 9.55. The lowest BCUT2D eigenvalue weighted by Gasteiger charge is -2.32. The number of aromatic nitrogens is 1. The second-order valence-corrected chi connectivity index (χ2v) is 8.18. The summed E-state index contributed by atoms with van der Waals surface area (Å²) >= 11 is 2.67. The number of carbonyl (C=O) groups excluding carboxylic acids is 1. The fourth-order valence-corrected chi connectivity index (χ4v) is 5.03. The molecule has 8 heteroatoms. The Morgan fingerprint density at radius 2 is 2.08 bits per heavy atom. The summed E-state index contributed by atoms with van der Waals surface area (Å²) in [7, 11) is 0. The Bertz CT molecular complexity index is 1020. The molecule has 0 radical (unpaired) electrons. The SMILES string of the molecule is O=C(O)CC1Sc2ccccc2N(Cc2nc3cc(F)ccc3s2)C1=O. The predicted octanol–water partition coefficient (Wildman–Crippen LogP) is 3.92. The third-order valence-corrected chi connectivity index (χ3v) is 6.29. The lowest BCUT2D eigenvalue weighted by atomic mass is 10.2. The smallest absolute Gasteiger partial charge is 0.305 e. The minimum atomic E-state index is -1.01. The maximum Gasteiger partial charge on any atom is 0.305 e. The normalized spacial score (nSPS) is 16.7. The number of thiazole rings is 1. The van der Waals surface area contributed by atoms with Crippen LogP contribution >= 0.6 is 23.1 Å². The zero-order chi connectivity index (χ0) is 18.3. The number of anilines is 1. The number of carboxylic acid groups (broad SMARTS) is 1. The number of rotatable bonds is 4. The van der Waals surface area contributed by atoms with E-state index < -0.39 is 11.2 Å². The molecule has 2 heterocycles. The number of hydrogen-bond donors (Lipinski definition) is 1. The van der Waals surface area contributed by atoms with Crippen molar-refractivity contribution in [2.75, 3.05) is 4.90 Å². The van der Waals surface area contributed by atoms with Crippen LogP contribution in [0.4, 0.5) is 10.1 Å². The van der Waals surface area contributed by atoms with E-state index in [0.29, 0.717) is 10.5 Å². The van der Waals surface area contributed by atoms with Gasteiger partial charge in [-0.3, -0.25) is 9.59 Å². The van der Waals surface area contributed by atoms with E-state index in [1.807, 2.05) is 24.3 Å². The molecule has 1 aromatic heterocycles. The molecule has 26 heavy (non-hydrogen) atoms. The van der Waals surface area contributed by atoms with Gasteiger partial charge < -0.3 is 10.0 Å². The number of aliphatic carboxylic acids is 1. The average molecular weight is 388 g/mol. The number of fused-ring (bicyclic) bond motifs is 2. The van der Waals surface area contributed by atoms with Crippen LogP contribution in [-0.4, -0.2) is 27.2 Å². The molecular weight excluding hydrogens is 375 g/mol. The fourth-order valence-electron chi connectivity index (χ4n) is 2.88.